The SMILES string of the molecule is COc1cc(NS(=O)(=O)c2ccc(NS(=O)(=O)c3ccc4no[n+]([O-])c4c3)cc2)nc(OC)n1. The zero-order valence-electron chi connectivity index (χ0n) is 17.5. The lowest BCUT2D eigenvalue weighted by molar-refractivity contribution is -0.782. The number of ether oxygens (including phenoxy) is 2. The van der Waals surface area contributed by atoms with Crippen molar-refractivity contribution in [2.24, 2.45) is 0 Å². The van der Waals surface area contributed by atoms with E-state index in [0.717, 1.165) is 6.07 Å². The standard InChI is InChI=1S/C18H16N6O8S2/c1-30-17-10-16(19-18(20-17)31-2)23-33(26,27)12-5-3-11(4-6-12)22-34(28,29)13-7-8-14-15(9-13)24(25)32-21-14/h3-10,22H,1-2H3,(H,19,20,23). The minimum absolute atomic E-state index is 0.0617. The number of anilines is 2. The number of hydrogen-bond donors (Lipinski definition) is 2. The van der Waals surface area contributed by atoms with Crippen LogP contribution in [0.5, 0.6) is 11.9 Å². The Morgan fingerprint density at radius 2 is 1.56 bits per heavy atom. The maximum absolute atomic E-state index is 12.7. The average molecular weight is 508 g/mol. The van der Waals surface area contributed by atoms with Crippen molar-refractivity contribution in [1.29, 1.82) is 0 Å². The molecular formula is C18H16N6O8S2. The van der Waals surface area contributed by atoms with Gasteiger partial charge in [-0.05, 0) is 41.3 Å². The topological polar surface area (TPSA) is 190 Å². The molecule has 0 unspecified atom stereocenters. The summed E-state index contributed by atoms with van der Waals surface area (Å²) in [5.41, 5.74) is 0.216. The third kappa shape index (κ3) is 4.62. The highest BCUT2D eigenvalue weighted by molar-refractivity contribution is 7.93. The number of nitrogens with one attached hydrogen (secondary N) is 2. The lowest BCUT2D eigenvalue weighted by atomic mass is 10.3. The molecule has 0 atom stereocenters. The number of aromatic nitrogens is 4. The Kier molecular flexibility index (Phi) is 5.84. The number of rotatable bonds is 8. The molecule has 0 aliphatic heterocycles. The minimum atomic E-state index is -4.09. The molecule has 0 aliphatic rings. The summed E-state index contributed by atoms with van der Waals surface area (Å²) in [6, 6.07) is 9.76. The van der Waals surface area contributed by atoms with Gasteiger partial charge < -0.3 is 14.7 Å². The van der Waals surface area contributed by atoms with Gasteiger partial charge in [-0.15, -0.1) is 0 Å². The fourth-order valence-corrected chi connectivity index (χ4v) is 4.85. The molecule has 0 saturated heterocycles. The number of nitrogens with zero attached hydrogens (tertiary/aromatic N) is 4. The van der Waals surface area contributed by atoms with Gasteiger partial charge >= 0.3 is 6.01 Å². The summed E-state index contributed by atoms with van der Waals surface area (Å²) < 4.78 is 69.7. The average Bonchev–Trinajstić information content (AvgIpc) is 3.18. The number of fused-ring (bicyclic) bond motifs is 1. The zero-order chi connectivity index (χ0) is 24.5. The second-order valence-corrected chi connectivity index (χ2v) is 9.96. The summed E-state index contributed by atoms with van der Waals surface area (Å²) in [6.07, 6.45) is 0. The number of hydrogen-bond acceptors (Lipinski definition) is 11. The molecule has 0 saturated carbocycles. The van der Waals surface area contributed by atoms with Gasteiger partial charge in [0.05, 0.1) is 24.0 Å². The van der Waals surface area contributed by atoms with Crippen LogP contribution in [0.1, 0.15) is 0 Å². The van der Waals surface area contributed by atoms with Gasteiger partial charge in [0.1, 0.15) is 0 Å². The molecule has 16 heteroatoms. The smallest absolute Gasteiger partial charge is 0.321 e. The fourth-order valence-electron chi connectivity index (χ4n) is 2.78. The summed E-state index contributed by atoms with van der Waals surface area (Å²) in [4.78, 5) is 7.50. The minimum Gasteiger partial charge on any atom is -0.481 e. The van der Waals surface area contributed by atoms with Crippen LogP contribution < -0.4 is 23.8 Å². The second kappa shape index (κ2) is 8.64. The van der Waals surface area contributed by atoms with Gasteiger partial charge in [0.25, 0.3) is 20.0 Å². The molecule has 0 spiro atoms. The second-order valence-electron chi connectivity index (χ2n) is 6.60. The van der Waals surface area contributed by atoms with Gasteiger partial charge in [0.2, 0.25) is 16.9 Å². The van der Waals surface area contributed by atoms with Crippen LogP contribution in [0.15, 0.2) is 63.0 Å². The molecule has 4 aromatic rings. The van der Waals surface area contributed by atoms with E-state index in [-0.39, 0.29) is 49.1 Å². The molecule has 0 amide bonds. The molecule has 4 rings (SSSR count). The molecule has 2 N–H and O–H groups in total. The summed E-state index contributed by atoms with van der Waals surface area (Å²) in [6.45, 7) is 0. The van der Waals surface area contributed by atoms with E-state index >= 15 is 0 Å². The van der Waals surface area contributed by atoms with Crippen molar-refractivity contribution in [2.75, 3.05) is 23.7 Å². The summed E-state index contributed by atoms with van der Waals surface area (Å²) in [7, 11) is -5.51. The Morgan fingerprint density at radius 1 is 0.882 bits per heavy atom. The van der Waals surface area contributed by atoms with Crippen LogP contribution in [-0.4, -0.2) is 46.2 Å². The molecule has 2 aromatic heterocycles. The number of methoxy groups -OCH3 is 2. The predicted molar refractivity (Wildman–Crippen MR) is 116 cm³/mol. The van der Waals surface area contributed by atoms with Crippen molar-refractivity contribution in [3.8, 4) is 11.9 Å². The lowest BCUT2D eigenvalue weighted by Crippen LogP contribution is -2.23. The fraction of sp³-hybridized carbons (Fsp3) is 0.111. The summed E-state index contributed by atoms with van der Waals surface area (Å²) in [5, 5.41) is 15.0. The van der Waals surface area contributed by atoms with Crippen LogP contribution in [0.2, 0.25) is 0 Å². The molecule has 0 aliphatic carbocycles. The van der Waals surface area contributed by atoms with Crippen molar-refractivity contribution >= 4 is 42.6 Å². The molecule has 178 valence electrons. The van der Waals surface area contributed by atoms with E-state index in [1.807, 2.05) is 0 Å². The number of benzene rings is 2. The third-order valence-electron chi connectivity index (χ3n) is 4.40. The van der Waals surface area contributed by atoms with E-state index in [2.05, 4.69) is 29.2 Å². The van der Waals surface area contributed by atoms with E-state index in [1.165, 1.54) is 56.7 Å². The van der Waals surface area contributed by atoms with Crippen molar-refractivity contribution < 1.29 is 35.8 Å². The van der Waals surface area contributed by atoms with E-state index in [1.54, 1.807) is 0 Å². The van der Waals surface area contributed by atoms with E-state index in [4.69, 9.17) is 9.47 Å². The maximum atomic E-state index is 12.7. The number of sulfonamides is 2. The first-order valence-electron chi connectivity index (χ1n) is 9.23. The highest BCUT2D eigenvalue weighted by Crippen LogP contribution is 2.23. The molecule has 0 radical (unpaired) electrons. The van der Waals surface area contributed by atoms with Gasteiger partial charge in [-0.3, -0.25) is 14.1 Å². The van der Waals surface area contributed by atoms with Crippen LogP contribution >= 0.6 is 0 Å². The maximum Gasteiger partial charge on any atom is 0.321 e. The van der Waals surface area contributed by atoms with E-state index in [0.29, 0.717) is 0 Å². The molecule has 0 fully saturated rings. The van der Waals surface area contributed by atoms with Gasteiger partial charge in [0, 0.05) is 23.0 Å². The Bertz CT molecular complexity index is 1550. The highest BCUT2D eigenvalue weighted by Gasteiger charge is 2.20. The molecule has 34 heavy (non-hydrogen) atoms. The Hall–Kier alpha value is -4.18. The predicted octanol–water partition coefficient (Wildman–Crippen LogP) is 0.870. The molecule has 2 aromatic carbocycles. The zero-order valence-corrected chi connectivity index (χ0v) is 19.1. The van der Waals surface area contributed by atoms with Gasteiger partial charge in [-0.2, -0.15) is 9.97 Å². The summed E-state index contributed by atoms with van der Waals surface area (Å²) >= 11 is 0. The van der Waals surface area contributed by atoms with Crippen LogP contribution in [-0.2, 0) is 20.0 Å². The third-order valence-corrected chi connectivity index (χ3v) is 7.15. The largest absolute Gasteiger partial charge is 0.481 e. The Labute approximate surface area is 192 Å². The first kappa shape index (κ1) is 23.0. The summed E-state index contributed by atoms with van der Waals surface area (Å²) in [5.74, 6) is -0.00517. The van der Waals surface area contributed by atoms with Crippen molar-refractivity contribution in [3.05, 3.63) is 53.7 Å². The first-order chi connectivity index (χ1) is 16.1. The van der Waals surface area contributed by atoms with E-state index < -0.39 is 20.0 Å². The van der Waals surface area contributed by atoms with Crippen molar-refractivity contribution in [1.82, 2.24) is 15.1 Å². The van der Waals surface area contributed by atoms with Gasteiger partial charge in [-0.25, -0.2) is 16.8 Å². The van der Waals surface area contributed by atoms with E-state index in [9.17, 15) is 22.0 Å². The quantitative estimate of drug-likeness (QED) is 0.321. The Morgan fingerprint density at radius 3 is 2.24 bits per heavy atom. The highest BCUT2D eigenvalue weighted by atomic mass is 32.2. The van der Waals surface area contributed by atoms with Crippen molar-refractivity contribution in [2.45, 2.75) is 9.79 Å². The Balaban J connectivity index is 1.54. The lowest BCUT2D eigenvalue weighted by Gasteiger charge is -2.11. The van der Waals surface area contributed by atoms with Crippen LogP contribution in [0.25, 0.3) is 11.0 Å². The molecule has 14 nitrogen and oxygen atoms in total. The van der Waals surface area contributed by atoms with Gasteiger partial charge in [-0.1, -0.05) is 0 Å². The van der Waals surface area contributed by atoms with Crippen molar-refractivity contribution in [3.63, 3.8) is 0 Å². The first-order valence-corrected chi connectivity index (χ1v) is 12.2. The molecular weight excluding hydrogens is 492 g/mol. The van der Waals surface area contributed by atoms with Gasteiger partial charge in [0.15, 0.2) is 5.82 Å². The monoisotopic (exact) mass is 508 g/mol. The van der Waals surface area contributed by atoms with Crippen LogP contribution in [0.4, 0.5) is 11.5 Å². The molecule has 0 bridgehead atoms. The van der Waals surface area contributed by atoms with Crippen LogP contribution in [0, 0.1) is 5.21 Å². The van der Waals surface area contributed by atoms with Crippen LogP contribution in [0.3, 0.4) is 0 Å². The normalized spacial score (nSPS) is 11.8. The molecule has 2 heterocycles.